The Morgan fingerprint density at radius 3 is 2.86 bits per heavy atom. The molecule has 1 aliphatic heterocycles. The Kier molecular flexibility index (Phi) is 6.57. The molecular formula is C15H23ClN2O3. The largest absolute Gasteiger partial charge is 0.489 e. The normalized spacial score (nSPS) is 15.6. The van der Waals surface area contributed by atoms with Gasteiger partial charge in [-0.1, -0.05) is 11.6 Å². The molecule has 1 unspecified atom stereocenters. The van der Waals surface area contributed by atoms with E-state index in [1.54, 1.807) is 0 Å². The monoisotopic (exact) mass is 314 g/mol. The highest BCUT2D eigenvalue weighted by Crippen LogP contribution is 2.39. The molecule has 4 N–H and O–H groups in total. The van der Waals surface area contributed by atoms with Crippen molar-refractivity contribution in [1.29, 1.82) is 0 Å². The third kappa shape index (κ3) is 4.48. The Bertz CT molecular complexity index is 457. The van der Waals surface area contributed by atoms with Gasteiger partial charge in [-0.3, -0.25) is 0 Å². The molecule has 0 aliphatic carbocycles. The molecule has 1 aromatic rings. The second kappa shape index (κ2) is 8.44. The smallest absolute Gasteiger partial charge is 0.179 e. The van der Waals surface area contributed by atoms with E-state index in [0.717, 1.165) is 31.4 Å². The minimum atomic E-state index is 0.0124. The van der Waals surface area contributed by atoms with Crippen molar-refractivity contribution >= 4 is 11.6 Å². The van der Waals surface area contributed by atoms with Crippen molar-refractivity contribution in [2.75, 3.05) is 32.9 Å². The van der Waals surface area contributed by atoms with E-state index in [1.165, 1.54) is 0 Å². The molecule has 1 aromatic carbocycles. The molecule has 5 nitrogen and oxygen atoms in total. The summed E-state index contributed by atoms with van der Waals surface area (Å²) in [6.45, 7) is 2.73. The quantitative estimate of drug-likeness (QED) is 0.670. The number of nitrogens with one attached hydrogen (secondary N) is 1. The van der Waals surface area contributed by atoms with Gasteiger partial charge in [-0.15, -0.1) is 0 Å². The van der Waals surface area contributed by atoms with Gasteiger partial charge in [0.05, 0.1) is 18.2 Å². The molecule has 0 radical (unpaired) electrons. The van der Waals surface area contributed by atoms with E-state index in [9.17, 15) is 0 Å². The molecule has 1 heterocycles. The van der Waals surface area contributed by atoms with Gasteiger partial charge in [-0.25, -0.2) is 0 Å². The predicted molar refractivity (Wildman–Crippen MR) is 83.2 cm³/mol. The van der Waals surface area contributed by atoms with E-state index in [2.05, 4.69) is 5.32 Å². The molecule has 0 saturated carbocycles. The summed E-state index contributed by atoms with van der Waals surface area (Å²) in [5.41, 5.74) is 6.85. The third-order valence-corrected chi connectivity index (χ3v) is 3.72. The molecule has 0 spiro atoms. The first-order valence-corrected chi connectivity index (χ1v) is 7.77. The van der Waals surface area contributed by atoms with Crippen LogP contribution in [0.15, 0.2) is 12.1 Å². The lowest BCUT2D eigenvalue weighted by atomic mass is 10.1. The maximum absolute atomic E-state index is 8.80. The van der Waals surface area contributed by atoms with Crippen LogP contribution >= 0.6 is 11.6 Å². The van der Waals surface area contributed by atoms with Crippen molar-refractivity contribution in [3.8, 4) is 11.5 Å². The highest BCUT2D eigenvalue weighted by molar-refractivity contribution is 6.32. The van der Waals surface area contributed by atoms with Gasteiger partial charge in [0.25, 0.3) is 0 Å². The number of fused-ring (bicyclic) bond motifs is 1. The molecule has 0 aromatic heterocycles. The fraction of sp³-hybridized carbons (Fsp3) is 0.600. The van der Waals surface area contributed by atoms with Crippen LogP contribution in [0.1, 0.15) is 30.9 Å². The lowest BCUT2D eigenvalue weighted by Crippen LogP contribution is -2.29. The first kappa shape index (κ1) is 16.4. The number of hydrogen-bond donors (Lipinski definition) is 3. The highest BCUT2D eigenvalue weighted by Gasteiger charge is 2.18. The van der Waals surface area contributed by atoms with E-state index in [4.69, 9.17) is 31.9 Å². The summed E-state index contributed by atoms with van der Waals surface area (Å²) in [7, 11) is 0. The Balaban J connectivity index is 2.10. The van der Waals surface area contributed by atoms with Crippen LogP contribution < -0.4 is 20.5 Å². The number of unbranched alkanes of at least 4 members (excludes halogenated alkanes) is 1. The summed E-state index contributed by atoms with van der Waals surface area (Å²) in [6, 6.07) is 3.84. The molecule has 118 valence electrons. The molecular weight excluding hydrogens is 292 g/mol. The molecule has 0 saturated heterocycles. The summed E-state index contributed by atoms with van der Waals surface area (Å²) in [6.07, 6.45) is 2.54. The zero-order valence-corrected chi connectivity index (χ0v) is 12.9. The summed E-state index contributed by atoms with van der Waals surface area (Å²) in [4.78, 5) is 0. The molecule has 0 amide bonds. The second-order valence-electron chi connectivity index (χ2n) is 5.05. The number of rotatable bonds is 7. The minimum Gasteiger partial charge on any atom is -0.489 e. The van der Waals surface area contributed by atoms with Crippen LogP contribution in [-0.2, 0) is 0 Å². The first-order chi connectivity index (χ1) is 10.3. The zero-order chi connectivity index (χ0) is 15.1. The maximum Gasteiger partial charge on any atom is 0.179 e. The van der Waals surface area contributed by atoms with Gasteiger partial charge in [0.2, 0.25) is 0 Å². The van der Waals surface area contributed by atoms with Crippen LogP contribution in [0.3, 0.4) is 0 Å². The lowest BCUT2D eigenvalue weighted by Gasteiger charge is -2.19. The standard InChI is InChI=1S/C15H23ClN2O3/c16-12-8-11(13(10-17)18-4-1-2-5-19)9-14-15(12)21-7-3-6-20-14/h8-9,13,18-19H,1-7,10,17H2. The van der Waals surface area contributed by atoms with E-state index in [1.807, 2.05) is 12.1 Å². The number of hydrogen-bond acceptors (Lipinski definition) is 5. The number of aliphatic hydroxyl groups excluding tert-OH is 1. The van der Waals surface area contributed by atoms with Gasteiger partial charge < -0.3 is 25.6 Å². The molecule has 6 heteroatoms. The van der Waals surface area contributed by atoms with Crippen molar-refractivity contribution in [3.05, 3.63) is 22.7 Å². The van der Waals surface area contributed by atoms with Crippen molar-refractivity contribution < 1.29 is 14.6 Å². The van der Waals surface area contributed by atoms with E-state index < -0.39 is 0 Å². The average Bonchev–Trinajstić information content (AvgIpc) is 2.73. The number of benzene rings is 1. The van der Waals surface area contributed by atoms with Crippen LogP contribution in [0.2, 0.25) is 5.02 Å². The van der Waals surface area contributed by atoms with Crippen LogP contribution in [-0.4, -0.2) is 38.0 Å². The summed E-state index contributed by atoms with van der Waals surface area (Å²) in [5, 5.41) is 12.7. The molecule has 0 bridgehead atoms. The van der Waals surface area contributed by atoms with E-state index in [0.29, 0.717) is 36.3 Å². The summed E-state index contributed by atoms with van der Waals surface area (Å²) in [5.74, 6) is 1.31. The lowest BCUT2D eigenvalue weighted by molar-refractivity contribution is 0.282. The van der Waals surface area contributed by atoms with Crippen molar-refractivity contribution in [1.82, 2.24) is 5.32 Å². The fourth-order valence-electron chi connectivity index (χ4n) is 2.30. The van der Waals surface area contributed by atoms with Gasteiger partial charge in [0.1, 0.15) is 0 Å². The third-order valence-electron chi connectivity index (χ3n) is 3.44. The maximum atomic E-state index is 8.80. The van der Waals surface area contributed by atoms with Crippen LogP contribution in [0.4, 0.5) is 0 Å². The topological polar surface area (TPSA) is 76.7 Å². The van der Waals surface area contributed by atoms with Gasteiger partial charge in [0.15, 0.2) is 11.5 Å². The van der Waals surface area contributed by atoms with Crippen molar-refractivity contribution in [2.45, 2.75) is 25.3 Å². The molecule has 1 aliphatic rings. The average molecular weight is 315 g/mol. The van der Waals surface area contributed by atoms with Crippen LogP contribution in [0.5, 0.6) is 11.5 Å². The Labute approximate surface area is 130 Å². The summed E-state index contributed by atoms with van der Waals surface area (Å²) < 4.78 is 11.3. The molecule has 21 heavy (non-hydrogen) atoms. The second-order valence-corrected chi connectivity index (χ2v) is 5.46. The van der Waals surface area contributed by atoms with Gasteiger partial charge in [-0.05, 0) is 37.1 Å². The number of halogens is 1. The minimum absolute atomic E-state index is 0.0124. The molecule has 0 fully saturated rings. The van der Waals surface area contributed by atoms with Crippen molar-refractivity contribution in [3.63, 3.8) is 0 Å². The first-order valence-electron chi connectivity index (χ1n) is 7.39. The number of ether oxygens (including phenoxy) is 2. The van der Waals surface area contributed by atoms with Crippen LogP contribution in [0, 0.1) is 0 Å². The predicted octanol–water partition coefficient (Wildman–Crippen LogP) is 1.86. The summed E-state index contributed by atoms with van der Waals surface area (Å²) >= 11 is 6.30. The highest BCUT2D eigenvalue weighted by atomic mass is 35.5. The van der Waals surface area contributed by atoms with Crippen LogP contribution in [0.25, 0.3) is 0 Å². The van der Waals surface area contributed by atoms with Gasteiger partial charge >= 0.3 is 0 Å². The number of aliphatic hydroxyl groups is 1. The van der Waals surface area contributed by atoms with E-state index >= 15 is 0 Å². The van der Waals surface area contributed by atoms with Gasteiger partial charge in [0, 0.05) is 25.6 Å². The van der Waals surface area contributed by atoms with E-state index in [-0.39, 0.29) is 12.6 Å². The van der Waals surface area contributed by atoms with Gasteiger partial charge in [-0.2, -0.15) is 0 Å². The Morgan fingerprint density at radius 2 is 2.10 bits per heavy atom. The Morgan fingerprint density at radius 1 is 1.29 bits per heavy atom. The zero-order valence-electron chi connectivity index (χ0n) is 12.1. The molecule has 2 rings (SSSR count). The SMILES string of the molecule is NCC(NCCCCO)c1cc(Cl)c2c(c1)OCCCO2. The molecule has 1 atom stereocenters. The number of nitrogens with two attached hydrogens (primary N) is 1. The Hall–Kier alpha value is -1.01. The fourth-order valence-corrected chi connectivity index (χ4v) is 2.58. The van der Waals surface area contributed by atoms with Crippen molar-refractivity contribution in [2.24, 2.45) is 5.73 Å².